The van der Waals surface area contributed by atoms with E-state index in [1.807, 2.05) is 43.1 Å². The van der Waals surface area contributed by atoms with Crippen molar-refractivity contribution in [3.63, 3.8) is 0 Å². The normalized spacial score (nSPS) is 24.2. The predicted molar refractivity (Wildman–Crippen MR) is 90.6 cm³/mol. The number of nitrogens with zero attached hydrogens (tertiary/aromatic N) is 3. The van der Waals surface area contributed by atoms with Crippen LogP contribution in [0.1, 0.15) is 40.7 Å². The Morgan fingerprint density at radius 1 is 1.21 bits per heavy atom. The number of carbonyl (C=O) groups is 1. The minimum Gasteiger partial charge on any atom is -0.366 e. The number of morpholine rings is 1. The van der Waals surface area contributed by atoms with E-state index in [0.717, 1.165) is 11.3 Å². The topological polar surface area (TPSA) is 47.4 Å². The minimum atomic E-state index is -0.0520. The van der Waals surface area contributed by atoms with Crippen molar-refractivity contribution in [2.75, 3.05) is 13.1 Å². The minimum absolute atomic E-state index is 0.0491. The highest BCUT2D eigenvalue weighted by molar-refractivity contribution is 5.92. The number of amides is 1. The second-order valence-corrected chi connectivity index (χ2v) is 6.92. The van der Waals surface area contributed by atoms with Crippen molar-refractivity contribution in [3.05, 3.63) is 53.3 Å². The van der Waals surface area contributed by atoms with Crippen LogP contribution in [0, 0.1) is 12.8 Å². The third-order valence-corrected chi connectivity index (χ3v) is 4.95. The fraction of sp³-hybridized carbons (Fsp3) is 0.474. The van der Waals surface area contributed by atoms with Gasteiger partial charge in [-0.25, -0.2) is 0 Å². The Kier molecular flexibility index (Phi) is 3.88. The second-order valence-electron chi connectivity index (χ2n) is 6.92. The molecule has 1 aromatic carbocycles. The quantitative estimate of drug-likeness (QED) is 0.872. The van der Waals surface area contributed by atoms with Crippen LogP contribution in [0.25, 0.3) is 0 Å². The molecule has 2 atom stereocenters. The first-order valence-electron chi connectivity index (χ1n) is 8.62. The number of hydrogen-bond donors (Lipinski definition) is 0. The number of benzene rings is 1. The molecule has 5 nitrogen and oxygen atoms in total. The summed E-state index contributed by atoms with van der Waals surface area (Å²) in [6.45, 7) is 3.18. The zero-order valence-electron chi connectivity index (χ0n) is 14.2. The van der Waals surface area contributed by atoms with E-state index in [9.17, 15) is 4.79 Å². The molecule has 0 unspecified atom stereocenters. The lowest BCUT2D eigenvalue weighted by Crippen LogP contribution is -2.48. The Balaban J connectivity index is 1.59. The first kappa shape index (κ1) is 15.4. The predicted octanol–water partition coefficient (Wildman–Crippen LogP) is 2.72. The molecule has 1 aliphatic carbocycles. The average Bonchev–Trinajstić information content (AvgIpc) is 3.39. The third-order valence-electron chi connectivity index (χ3n) is 4.95. The molecule has 0 radical (unpaired) electrons. The maximum atomic E-state index is 13.0. The van der Waals surface area contributed by atoms with Crippen LogP contribution in [-0.4, -0.2) is 39.8 Å². The van der Waals surface area contributed by atoms with Gasteiger partial charge in [0.05, 0.1) is 18.3 Å². The van der Waals surface area contributed by atoms with Crippen molar-refractivity contribution in [1.82, 2.24) is 14.7 Å². The van der Waals surface area contributed by atoms with E-state index >= 15 is 0 Å². The number of aryl methyl sites for hydroxylation is 2. The monoisotopic (exact) mass is 325 g/mol. The lowest BCUT2D eigenvalue weighted by molar-refractivity contribution is -0.0865. The number of ether oxygens (including phenoxy) is 1. The van der Waals surface area contributed by atoms with Crippen molar-refractivity contribution in [1.29, 1.82) is 0 Å². The Bertz CT molecular complexity index is 736. The van der Waals surface area contributed by atoms with Gasteiger partial charge in [0.15, 0.2) is 0 Å². The SMILES string of the molecule is Cc1cc(C(=O)N2C[C@@H](c3ccccc3)O[C@@H](C3CC3)C2)n(C)n1. The summed E-state index contributed by atoms with van der Waals surface area (Å²) in [4.78, 5) is 15.0. The summed E-state index contributed by atoms with van der Waals surface area (Å²) in [5.41, 5.74) is 2.66. The smallest absolute Gasteiger partial charge is 0.272 e. The Labute approximate surface area is 142 Å². The number of aromatic nitrogens is 2. The van der Waals surface area contributed by atoms with Crippen LogP contribution >= 0.6 is 0 Å². The van der Waals surface area contributed by atoms with Crippen molar-refractivity contribution < 1.29 is 9.53 Å². The summed E-state index contributed by atoms with van der Waals surface area (Å²) in [5.74, 6) is 0.646. The van der Waals surface area contributed by atoms with Crippen LogP contribution in [0.5, 0.6) is 0 Å². The van der Waals surface area contributed by atoms with Gasteiger partial charge in [-0.15, -0.1) is 0 Å². The Morgan fingerprint density at radius 3 is 2.58 bits per heavy atom. The summed E-state index contributed by atoms with van der Waals surface area (Å²) in [5, 5.41) is 4.31. The van der Waals surface area contributed by atoms with Crippen LogP contribution in [0.4, 0.5) is 0 Å². The molecule has 2 heterocycles. The van der Waals surface area contributed by atoms with Crippen LogP contribution < -0.4 is 0 Å². The van der Waals surface area contributed by atoms with E-state index in [1.54, 1.807) is 4.68 Å². The molecule has 0 bridgehead atoms. The molecule has 5 heteroatoms. The third kappa shape index (κ3) is 2.96. The van der Waals surface area contributed by atoms with Crippen molar-refractivity contribution in [2.45, 2.75) is 32.0 Å². The molecule has 1 saturated carbocycles. The second kappa shape index (κ2) is 6.06. The van der Waals surface area contributed by atoms with Crippen molar-refractivity contribution >= 4 is 5.91 Å². The summed E-state index contributed by atoms with van der Waals surface area (Å²) in [7, 11) is 1.83. The molecule has 126 valence electrons. The molecular weight excluding hydrogens is 302 g/mol. The molecule has 1 saturated heterocycles. The first-order chi connectivity index (χ1) is 11.6. The fourth-order valence-corrected chi connectivity index (χ4v) is 3.51. The first-order valence-corrected chi connectivity index (χ1v) is 8.62. The lowest BCUT2D eigenvalue weighted by Gasteiger charge is -2.38. The van der Waals surface area contributed by atoms with Gasteiger partial charge in [-0.1, -0.05) is 30.3 Å². The average molecular weight is 325 g/mol. The van der Waals surface area contributed by atoms with Gasteiger partial charge in [-0.05, 0) is 37.3 Å². The van der Waals surface area contributed by atoms with Crippen molar-refractivity contribution in [2.24, 2.45) is 13.0 Å². The van der Waals surface area contributed by atoms with Crippen molar-refractivity contribution in [3.8, 4) is 0 Å². The Morgan fingerprint density at radius 2 is 1.96 bits per heavy atom. The molecule has 1 aliphatic heterocycles. The molecule has 0 spiro atoms. The van der Waals surface area contributed by atoms with Gasteiger partial charge in [0, 0.05) is 13.6 Å². The largest absolute Gasteiger partial charge is 0.366 e. The molecule has 2 aliphatic rings. The molecular formula is C19H23N3O2. The summed E-state index contributed by atoms with van der Waals surface area (Å²) in [6.07, 6.45) is 2.50. The fourth-order valence-electron chi connectivity index (χ4n) is 3.51. The number of hydrogen-bond acceptors (Lipinski definition) is 3. The van der Waals surface area contributed by atoms with Gasteiger partial charge in [-0.3, -0.25) is 9.48 Å². The van der Waals surface area contributed by atoms with E-state index < -0.39 is 0 Å². The van der Waals surface area contributed by atoms with E-state index in [-0.39, 0.29) is 18.1 Å². The highest BCUT2D eigenvalue weighted by Crippen LogP contribution is 2.39. The van der Waals surface area contributed by atoms with E-state index in [1.165, 1.54) is 12.8 Å². The molecule has 2 aromatic rings. The maximum absolute atomic E-state index is 13.0. The van der Waals surface area contributed by atoms with Gasteiger partial charge in [0.1, 0.15) is 11.8 Å². The van der Waals surface area contributed by atoms with E-state index in [0.29, 0.717) is 24.7 Å². The van der Waals surface area contributed by atoms with Crippen LogP contribution in [0.2, 0.25) is 0 Å². The molecule has 0 N–H and O–H groups in total. The van der Waals surface area contributed by atoms with Crippen LogP contribution in [0.3, 0.4) is 0 Å². The van der Waals surface area contributed by atoms with E-state index in [4.69, 9.17) is 4.74 Å². The van der Waals surface area contributed by atoms with Crippen LogP contribution in [0.15, 0.2) is 36.4 Å². The molecule has 24 heavy (non-hydrogen) atoms. The molecule has 1 amide bonds. The number of carbonyl (C=O) groups excluding carboxylic acids is 1. The highest BCUT2D eigenvalue weighted by Gasteiger charge is 2.40. The highest BCUT2D eigenvalue weighted by atomic mass is 16.5. The molecule has 4 rings (SSSR count). The lowest BCUT2D eigenvalue weighted by atomic mass is 10.0. The van der Waals surface area contributed by atoms with Gasteiger partial charge >= 0.3 is 0 Å². The standard InChI is InChI=1S/C19H23N3O2/c1-13-10-16(21(2)20-13)19(23)22-11-17(14-6-4-3-5-7-14)24-18(12-22)15-8-9-15/h3-7,10,15,17-18H,8-9,11-12H2,1-2H3/t17-,18+/m0/s1. The Hall–Kier alpha value is -2.14. The molecule has 2 fully saturated rings. The van der Waals surface area contributed by atoms with Gasteiger partial charge in [-0.2, -0.15) is 5.10 Å². The van der Waals surface area contributed by atoms with Gasteiger partial charge < -0.3 is 9.64 Å². The number of rotatable bonds is 3. The van der Waals surface area contributed by atoms with Crippen LogP contribution in [-0.2, 0) is 11.8 Å². The summed E-state index contributed by atoms with van der Waals surface area (Å²) < 4.78 is 8.01. The molecule has 1 aromatic heterocycles. The summed E-state index contributed by atoms with van der Waals surface area (Å²) >= 11 is 0. The summed E-state index contributed by atoms with van der Waals surface area (Å²) in [6, 6.07) is 12.1. The van der Waals surface area contributed by atoms with Gasteiger partial charge in [0.25, 0.3) is 5.91 Å². The zero-order chi connectivity index (χ0) is 16.7. The van der Waals surface area contributed by atoms with Gasteiger partial charge in [0.2, 0.25) is 0 Å². The maximum Gasteiger partial charge on any atom is 0.272 e. The van der Waals surface area contributed by atoms with E-state index in [2.05, 4.69) is 17.2 Å². The zero-order valence-corrected chi connectivity index (χ0v) is 14.2.